The molecular formula is C9H16N2O3S. The van der Waals surface area contributed by atoms with Gasteiger partial charge in [0.1, 0.15) is 0 Å². The van der Waals surface area contributed by atoms with Crippen LogP contribution in [0.5, 0.6) is 0 Å². The van der Waals surface area contributed by atoms with Crippen molar-refractivity contribution in [3.8, 4) is 0 Å². The molecule has 2 rings (SSSR count). The van der Waals surface area contributed by atoms with Gasteiger partial charge in [0, 0.05) is 12.6 Å². The smallest absolute Gasteiger partial charge is 0.315 e. The van der Waals surface area contributed by atoms with Crippen molar-refractivity contribution in [2.45, 2.75) is 25.3 Å². The van der Waals surface area contributed by atoms with Crippen molar-refractivity contribution >= 4 is 15.9 Å². The maximum atomic E-state index is 11.2. The Hall–Kier alpha value is -0.780. The fraction of sp³-hybridized carbons (Fsp3) is 0.889. The Balaban J connectivity index is 1.67. The molecule has 1 saturated carbocycles. The van der Waals surface area contributed by atoms with E-state index < -0.39 is 9.84 Å². The second-order valence-electron chi connectivity index (χ2n) is 4.40. The third kappa shape index (κ3) is 3.37. The molecule has 2 fully saturated rings. The Morgan fingerprint density at radius 2 is 2.00 bits per heavy atom. The van der Waals surface area contributed by atoms with Crippen LogP contribution in [0.4, 0.5) is 4.79 Å². The highest BCUT2D eigenvalue weighted by Gasteiger charge is 2.28. The third-order valence-electron chi connectivity index (χ3n) is 2.79. The molecule has 2 aliphatic rings. The predicted molar refractivity (Wildman–Crippen MR) is 56.3 cm³/mol. The molecule has 1 unspecified atom stereocenters. The third-order valence-corrected chi connectivity index (χ3v) is 4.63. The van der Waals surface area contributed by atoms with Gasteiger partial charge < -0.3 is 10.6 Å². The second kappa shape index (κ2) is 4.00. The summed E-state index contributed by atoms with van der Waals surface area (Å²) in [5.41, 5.74) is 0. The number of carbonyl (C=O) groups excluding carboxylic acids is 1. The summed E-state index contributed by atoms with van der Waals surface area (Å²) in [7, 11) is -2.83. The molecule has 15 heavy (non-hydrogen) atoms. The average Bonchev–Trinajstić information content (AvgIpc) is 2.87. The molecule has 2 N–H and O–H groups in total. The Bertz CT molecular complexity index is 348. The lowest BCUT2D eigenvalue weighted by Gasteiger charge is -2.10. The molecule has 1 saturated heterocycles. The summed E-state index contributed by atoms with van der Waals surface area (Å²) in [6.07, 6.45) is 2.79. The van der Waals surface area contributed by atoms with E-state index in [0.717, 1.165) is 12.8 Å². The van der Waals surface area contributed by atoms with E-state index in [2.05, 4.69) is 10.6 Å². The molecule has 6 heteroatoms. The van der Waals surface area contributed by atoms with Crippen molar-refractivity contribution in [1.82, 2.24) is 10.6 Å². The van der Waals surface area contributed by atoms with E-state index in [4.69, 9.17) is 0 Å². The highest BCUT2D eigenvalue weighted by molar-refractivity contribution is 7.91. The molecule has 86 valence electrons. The zero-order chi connectivity index (χ0) is 10.9. The van der Waals surface area contributed by atoms with Crippen LogP contribution in [0.25, 0.3) is 0 Å². The Morgan fingerprint density at radius 3 is 2.53 bits per heavy atom. The summed E-state index contributed by atoms with van der Waals surface area (Å²) < 4.78 is 22.3. The van der Waals surface area contributed by atoms with Gasteiger partial charge in [-0.2, -0.15) is 0 Å². The maximum Gasteiger partial charge on any atom is 0.315 e. The molecule has 0 aromatic heterocycles. The van der Waals surface area contributed by atoms with Gasteiger partial charge in [-0.25, -0.2) is 13.2 Å². The molecule has 0 aromatic rings. The van der Waals surface area contributed by atoms with Crippen LogP contribution in [0, 0.1) is 5.92 Å². The highest BCUT2D eigenvalue weighted by Crippen LogP contribution is 2.19. The molecule has 1 heterocycles. The fourth-order valence-electron chi connectivity index (χ4n) is 1.73. The van der Waals surface area contributed by atoms with Gasteiger partial charge >= 0.3 is 6.03 Å². The minimum atomic E-state index is -2.83. The minimum Gasteiger partial charge on any atom is -0.338 e. The summed E-state index contributed by atoms with van der Waals surface area (Å²) >= 11 is 0. The molecular weight excluding hydrogens is 216 g/mol. The van der Waals surface area contributed by atoms with Crippen molar-refractivity contribution in [3.63, 3.8) is 0 Å². The number of hydrogen-bond donors (Lipinski definition) is 2. The number of rotatable bonds is 3. The maximum absolute atomic E-state index is 11.2. The van der Waals surface area contributed by atoms with E-state index in [1.54, 1.807) is 0 Å². The summed E-state index contributed by atoms with van der Waals surface area (Å²) in [5.74, 6) is 0.584. The number of amides is 2. The average molecular weight is 232 g/mol. The van der Waals surface area contributed by atoms with Crippen LogP contribution in [0.3, 0.4) is 0 Å². The summed E-state index contributed by atoms with van der Waals surface area (Å²) in [5, 5.41) is 5.52. The van der Waals surface area contributed by atoms with Crippen LogP contribution in [0.1, 0.15) is 19.3 Å². The van der Waals surface area contributed by atoms with Gasteiger partial charge in [-0.15, -0.1) is 0 Å². The summed E-state index contributed by atoms with van der Waals surface area (Å²) in [6.45, 7) is 0.470. The Kier molecular flexibility index (Phi) is 2.86. The van der Waals surface area contributed by atoms with Crippen molar-refractivity contribution in [3.05, 3.63) is 0 Å². The zero-order valence-corrected chi connectivity index (χ0v) is 9.35. The van der Waals surface area contributed by atoms with Gasteiger partial charge in [-0.3, -0.25) is 0 Å². The highest BCUT2D eigenvalue weighted by atomic mass is 32.2. The van der Waals surface area contributed by atoms with E-state index >= 15 is 0 Å². The Labute approximate surface area is 89.5 Å². The lowest BCUT2D eigenvalue weighted by molar-refractivity contribution is 0.239. The second-order valence-corrected chi connectivity index (χ2v) is 6.63. The topological polar surface area (TPSA) is 75.3 Å². The summed E-state index contributed by atoms with van der Waals surface area (Å²) in [6, 6.07) is 0.180. The standard InChI is InChI=1S/C9H16N2O3S/c12-9(11-8-1-2-8)10-5-7-3-4-15(13,14)6-7/h7-8H,1-6H2,(H2,10,11,12). The van der Waals surface area contributed by atoms with Crippen molar-refractivity contribution in [1.29, 1.82) is 0 Å². The van der Waals surface area contributed by atoms with Gasteiger partial charge in [0.25, 0.3) is 0 Å². The first-order valence-corrected chi connectivity index (χ1v) is 7.12. The van der Waals surface area contributed by atoms with Gasteiger partial charge in [0.2, 0.25) is 0 Å². The molecule has 0 spiro atoms. The molecule has 1 atom stereocenters. The van der Waals surface area contributed by atoms with Crippen molar-refractivity contribution in [2.75, 3.05) is 18.1 Å². The normalized spacial score (nSPS) is 28.7. The molecule has 5 nitrogen and oxygen atoms in total. The number of urea groups is 1. The predicted octanol–water partition coefficient (Wildman–Crippen LogP) is -0.117. The Morgan fingerprint density at radius 1 is 1.27 bits per heavy atom. The van der Waals surface area contributed by atoms with Crippen LogP contribution < -0.4 is 10.6 Å². The lowest BCUT2D eigenvalue weighted by atomic mass is 10.1. The first-order chi connectivity index (χ1) is 7.05. The zero-order valence-electron chi connectivity index (χ0n) is 8.53. The van der Waals surface area contributed by atoms with Crippen LogP contribution in [0.2, 0.25) is 0 Å². The molecule has 0 bridgehead atoms. The van der Waals surface area contributed by atoms with E-state index in [1.807, 2.05) is 0 Å². The van der Waals surface area contributed by atoms with E-state index in [-0.39, 0.29) is 23.5 Å². The summed E-state index contributed by atoms with van der Waals surface area (Å²) in [4.78, 5) is 11.2. The number of sulfone groups is 1. The molecule has 1 aliphatic carbocycles. The molecule has 0 radical (unpaired) electrons. The lowest BCUT2D eigenvalue weighted by Crippen LogP contribution is -2.39. The number of carbonyl (C=O) groups is 1. The number of hydrogen-bond acceptors (Lipinski definition) is 3. The molecule has 2 amide bonds. The number of nitrogens with one attached hydrogen (secondary N) is 2. The minimum absolute atomic E-state index is 0.0972. The van der Waals surface area contributed by atoms with Crippen LogP contribution in [-0.2, 0) is 9.84 Å². The molecule has 1 aliphatic heterocycles. The van der Waals surface area contributed by atoms with Gasteiger partial charge in [-0.1, -0.05) is 0 Å². The first kappa shape index (κ1) is 10.7. The largest absolute Gasteiger partial charge is 0.338 e. The van der Waals surface area contributed by atoms with Crippen molar-refractivity contribution in [2.24, 2.45) is 5.92 Å². The fourth-order valence-corrected chi connectivity index (χ4v) is 3.60. The van der Waals surface area contributed by atoms with E-state index in [9.17, 15) is 13.2 Å². The van der Waals surface area contributed by atoms with Crippen molar-refractivity contribution < 1.29 is 13.2 Å². The van der Waals surface area contributed by atoms with Crippen LogP contribution in [-0.4, -0.2) is 38.5 Å². The van der Waals surface area contributed by atoms with Crippen LogP contribution in [0.15, 0.2) is 0 Å². The van der Waals surface area contributed by atoms with E-state index in [1.165, 1.54) is 0 Å². The van der Waals surface area contributed by atoms with Gasteiger partial charge in [-0.05, 0) is 25.2 Å². The SMILES string of the molecule is O=C(NCC1CCS(=O)(=O)C1)NC1CC1. The first-order valence-electron chi connectivity index (χ1n) is 5.30. The monoisotopic (exact) mass is 232 g/mol. The van der Waals surface area contributed by atoms with Crippen LogP contribution >= 0.6 is 0 Å². The van der Waals surface area contributed by atoms with Gasteiger partial charge in [0.05, 0.1) is 11.5 Å². The van der Waals surface area contributed by atoms with E-state index in [0.29, 0.717) is 19.0 Å². The quantitative estimate of drug-likeness (QED) is 0.712. The molecule has 0 aromatic carbocycles. The van der Waals surface area contributed by atoms with Gasteiger partial charge in [0.15, 0.2) is 9.84 Å².